The number of nitrogens with one attached hydrogen (secondary N) is 1. The second-order valence-corrected chi connectivity index (χ2v) is 4.53. The predicted molar refractivity (Wildman–Crippen MR) is 80.3 cm³/mol. The molecule has 1 unspecified atom stereocenters. The highest BCUT2D eigenvalue weighted by atomic mass is 16.5. The van der Waals surface area contributed by atoms with Crippen molar-refractivity contribution in [3.8, 4) is 22.8 Å². The Bertz CT molecular complexity index is 570. The van der Waals surface area contributed by atoms with Gasteiger partial charge >= 0.3 is 0 Å². The van der Waals surface area contributed by atoms with Gasteiger partial charge in [-0.05, 0) is 43.8 Å². The molecule has 0 saturated carbocycles. The molecule has 2 rings (SSSR count). The normalized spacial score (nSPS) is 12.0. The van der Waals surface area contributed by atoms with Crippen LogP contribution < -0.4 is 14.8 Å². The lowest BCUT2D eigenvalue weighted by molar-refractivity contribution is 0.355. The Morgan fingerprint density at radius 1 is 1.15 bits per heavy atom. The Balaban J connectivity index is 2.63. The minimum atomic E-state index is 0.220. The van der Waals surface area contributed by atoms with Crippen LogP contribution in [0.1, 0.15) is 18.5 Å². The number of benzene rings is 1. The molecule has 0 aliphatic heterocycles. The second-order valence-electron chi connectivity index (χ2n) is 4.53. The maximum absolute atomic E-state index is 5.50. The molecular weight excluding hydrogens is 252 g/mol. The third-order valence-electron chi connectivity index (χ3n) is 3.38. The van der Waals surface area contributed by atoms with Crippen LogP contribution in [0.25, 0.3) is 11.3 Å². The van der Waals surface area contributed by atoms with Gasteiger partial charge in [0.15, 0.2) is 11.5 Å². The molecular formula is C16H20N2O2. The molecule has 4 heteroatoms. The van der Waals surface area contributed by atoms with Crippen molar-refractivity contribution in [3.05, 3.63) is 42.1 Å². The van der Waals surface area contributed by atoms with Crippen LogP contribution >= 0.6 is 0 Å². The zero-order chi connectivity index (χ0) is 14.5. The van der Waals surface area contributed by atoms with E-state index in [0.29, 0.717) is 11.5 Å². The number of methoxy groups -OCH3 is 2. The van der Waals surface area contributed by atoms with Crippen LogP contribution in [0, 0.1) is 0 Å². The second kappa shape index (κ2) is 6.39. The SMILES string of the molecule is CNC(C)c1cc(OC)c(OC)c(-c2ccccn2)c1. The fraction of sp³-hybridized carbons (Fsp3) is 0.312. The van der Waals surface area contributed by atoms with Crippen LogP contribution in [0.5, 0.6) is 11.5 Å². The van der Waals surface area contributed by atoms with E-state index in [0.717, 1.165) is 16.8 Å². The minimum absolute atomic E-state index is 0.220. The summed E-state index contributed by atoms with van der Waals surface area (Å²) in [7, 11) is 5.22. The Labute approximate surface area is 119 Å². The smallest absolute Gasteiger partial charge is 0.170 e. The number of ether oxygens (including phenoxy) is 2. The number of pyridine rings is 1. The van der Waals surface area contributed by atoms with Gasteiger partial charge in [0.2, 0.25) is 0 Å². The summed E-state index contributed by atoms with van der Waals surface area (Å²) in [5, 5.41) is 3.23. The van der Waals surface area contributed by atoms with E-state index in [4.69, 9.17) is 9.47 Å². The predicted octanol–water partition coefficient (Wildman–Crippen LogP) is 3.05. The summed E-state index contributed by atoms with van der Waals surface area (Å²) in [6, 6.07) is 10.1. The van der Waals surface area contributed by atoms with Crippen molar-refractivity contribution in [2.24, 2.45) is 0 Å². The number of hydrogen-bond donors (Lipinski definition) is 1. The Kier molecular flexibility index (Phi) is 4.58. The average molecular weight is 272 g/mol. The molecule has 0 spiro atoms. The van der Waals surface area contributed by atoms with Crippen molar-refractivity contribution in [1.29, 1.82) is 0 Å². The molecule has 0 aliphatic rings. The summed E-state index contributed by atoms with van der Waals surface area (Å²) in [4.78, 5) is 4.40. The van der Waals surface area contributed by atoms with Crippen LogP contribution in [-0.4, -0.2) is 26.3 Å². The number of nitrogens with zero attached hydrogens (tertiary/aromatic N) is 1. The van der Waals surface area contributed by atoms with Crippen molar-refractivity contribution in [1.82, 2.24) is 10.3 Å². The molecule has 20 heavy (non-hydrogen) atoms. The summed E-state index contributed by atoms with van der Waals surface area (Å²) < 4.78 is 11.0. The molecule has 0 radical (unpaired) electrons. The molecule has 4 nitrogen and oxygen atoms in total. The van der Waals surface area contributed by atoms with Crippen LogP contribution in [0.2, 0.25) is 0 Å². The van der Waals surface area contributed by atoms with E-state index in [1.54, 1.807) is 20.4 Å². The Morgan fingerprint density at radius 2 is 1.95 bits per heavy atom. The molecule has 106 valence electrons. The van der Waals surface area contributed by atoms with Gasteiger partial charge in [-0.2, -0.15) is 0 Å². The average Bonchev–Trinajstić information content (AvgIpc) is 2.53. The first-order valence-electron chi connectivity index (χ1n) is 6.55. The van der Waals surface area contributed by atoms with Gasteiger partial charge in [0.1, 0.15) is 0 Å². The number of rotatable bonds is 5. The largest absolute Gasteiger partial charge is 0.493 e. The van der Waals surface area contributed by atoms with E-state index in [1.165, 1.54) is 0 Å². The highest BCUT2D eigenvalue weighted by Gasteiger charge is 2.16. The Morgan fingerprint density at radius 3 is 2.50 bits per heavy atom. The van der Waals surface area contributed by atoms with Crippen molar-refractivity contribution in [2.45, 2.75) is 13.0 Å². The lowest BCUT2D eigenvalue weighted by atomic mass is 10.0. The number of aromatic nitrogens is 1. The van der Waals surface area contributed by atoms with Gasteiger partial charge < -0.3 is 14.8 Å². The number of hydrogen-bond acceptors (Lipinski definition) is 4. The molecule has 0 fully saturated rings. The quantitative estimate of drug-likeness (QED) is 0.908. The first-order chi connectivity index (χ1) is 9.71. The van der Waals surface area contributed by atoms with Gasteiger partial charge in [-0.25, -0.2) is 0 Å². The fourth-order valence-corrected chi connectivity index (χ4v) is 2.11. The van der Waals surface area contributed by atoms with Gasteiger partial charge in [0, 0.05) is 17.8 Å². The molecule has 1 aromatic heterocycles. The molecule has 1 heterocycles. The van der Waals surface area contributed by atoms with Crippen molar-refractivity contribution < 1.29 is 9.47 Å². The van der Waals surface area contributed by atoms with Gasteiger partial charge in [0.25, 0.3) is 0 Å². The van der Waals surface area contributed by atoms with E-state index in [2.05, 4.69) is 23.3 Å². The molecule has 1 aromatic carbocycles. The van der Waals surface area contributed by atoms with Gasteiger partial charge in [-0.3, -0.25) is 4.98 Å². The topological polar surface area (TPSA) is 43.4 Å². The Hall–Kier alpha value is -2.07. The molecule has 0 aliphatic carbocycles. The minimum Gasteiger partial charge on any atom is -0.493 e. The summed E-state index contributed by atoms with van der Waals surface area (Å²) in [5.74, 6) is 1.42. The fourth-order valence-electron chi connectivity index (χ4n) is 2.11. The highest BCUT2D eigenvalue weighted by molar-refractivity contribution is 5.72. The standard InChI is InChI=1S/C16H20N2O2/c1-11(17-2)12-9-13(14-7-5-6-8-18-14)16(20-4)15(10-12)19-3/h5-11,17H,1-4H3. The van der Waals surface area contributed by atoms with Crippen LogP contribution in [0.4, 0.5) is 0 Å². The lowest BCUT2D eigenvalue weighted by Crippen LogP contribution is -2.12. The zero-order valence-electron chi connectivity index (χ0n) is 12.3. The highest BCUT2D eigenvalue weighted by Crippen LogP contribution is 2.39. The van der Waals surface area contributed by atoms with E-state index in [1.807, 2.05) is 31.3 Å². The van der Waals surface area contributed by atoms with Crippen molar-refractivity contribution in [2.75, 3.05) is 21.3 Å². The molecule has 0 amide bonds. The molecule has 2 aromatic rings. The molecule has 0 saturated heterocycles. The maximum atomic E-state index is 5.50. The van der Waals surface area contributed by atoms with Crippen LogP contribution in [0.15, 0.2) is 36.5 Å². The summed E-state index contributed by atoms with van der Waals surface area (Å²) in [6.07, 6.45) is 1.77. The monoisotopic (exact) mass is 272 g/mol. The lowest BCUT2D eigenvalue weighted by Gasteiger charge is -2.18. The third-order valence-corrected chi connectivity index (χ3v) is 3.38. The van der Waals surface area contributed by atoms with Crippen LogP contribution in [0.3, 0.4) is 0 Å². The van der Waals surface area contributed by atoms with Gasteiger partial charge in [-0.15, -0.1) is 0 Å². The molecule has 1 atom stereocenters. The zero-order valence-corrected chi connectivity index (χ0v) is 12.3. The summed E-state index contributed by atoms with van der Waals surface area (Å²) >= 11 is 0. The van der Waals surface area contributed by atoms with Gasteiger partial charge in [0.05, 0.1) is 19.9 Å². The first-order valence-corrected chi connectivity index (χ1v) is 6.55. The third kappa shape index (κ3) is 2.75. The van der Waals surface area contributed by atoms with E-state index >= 15 is 0 Å². The van der Waals surface area contributed by atoms with Crippen LogP contribution in [-0.2, 0) is 0 Å². The molecule has 0 bridgehead atoms. The first kappa shape index (κ1) is 14.3. The maximum Gasteiger partial charge on any atom is 0.170 e. The summed E-state index contributed by atoms with van der Waals surface area (Å²) in [6.45, 7) is 2.10. The van der Waals surface area contributed by atoms with Gasteiger partial charge in [-0.1, -0.05) is 6.07 Å². The summed E-state index contributed by atoms with van der Waals surface area (Å²) in [5.41, 5.74) is 2.93. The van der Waals surface area contributed by atoms with Crippen molar-refractivity contribution >= 4 is 0 Å². The molecule has 1 N–H and O–H groups in total. The van der Waals surface area contributed by atoms with E-state index in [9.17, 15) is 0 Å². The van der Waals surface area contributed by atoms with Crippen molar-refractivity contribution in [3.63, 3.8) is 0 Å². The van der Waals surface area contributed by atoms with E-state index < -0.39 is 0 Å². The van der Waals surface area contributed by atoms with E-state index in [-0.39, 0.29) is 6.04 Å².